The lowest BCUT2D eigenvalue weighted by Crippen LogP contribution is -2.09. The highest BCUT2D eigenvalue weighted by Crippen LogP contribution is 2.33. The van der Waals surface area contributed by atoms with Crippen molar-refractivity contribution >= 4 is 22.8 Å². The number of imidazole rings is 1. The quantitative estimate of drug-likeness (QED) is 0.768. The Balaban J connectivity index is 2.00. The van der Waals surface area contributed by atoms with Gasteiger partial charge >= 0.3 is 0 Å². The van der Waals surface area contributed by atoms with Crippen LogP contribution >= 0.6 is 11.8 Å². The zero-order chi connectivity index (χ0) is 14.1. The molecule has 0 unspecified atom stereocenters. The molecule has 0 radical (unpaired) electrons. The van der Waals surface area contributed by atoms with E-state index in [1.807, 2.05) is 30.3 Å². The van der Waals surface area contributed by atoms with Crippen molar-refractivity contribution in [3.63, 3.8) is 0 Å². The zero-order valence-corrected chi connectivity index (χ0v) is 11.7. The first-order valence-electron chi connectivity index (χ1n) is 6.32. The molecule has 5 heteroatoms. The van der Waals surface area contributed by atoms with E-state index in [-0.39, 0.29) is 11.9 Å². The van der Waals surface area contributed by atoms with Crippen molar-refractivity contribution in [3.05, 3.63) is 53.8 Å². The van der Waals surface area contributed by atoms with E-state index in [2.05, 4.69) is 9.97 Å². The minimum absolute atomic E-state index is 0.277. The average Bonchev–Trinajstić information content (AvgIpc) is 2.80. The van der Waals surface area contributed by atoms with Gasteiger partial charge in [0.25, 0.3) is 0 Å². The Kier molecular flexibility index (Phi) is 3.46. The van der Waals surface area contributed by atoms with Gasteiger partial charge in [0.15, 0.2) is 5.16 Å². The number of hydrogen-bond donors (Lipinski definition) is 2. The highest BCUT2D eigenvalue weighted by atomic mass is 32.2. The van der Waals surface area contributed by atoms with Crippen LogP contribution in [0.25, 0.3) is 11.0 Å². The number of fused-ring (bicyclic) bond motifs is 1. The second kappa shape index (κ2) is 5.26. The Bertz CT molecular complexity index is 719. The number of nitrogens with zero attached hydrogens (tertiary/aromatic N) is 1. The average molecular weight is 287 g/mol. The van der Waals surface area contributed by atoms with Crippen LogP contribution in [-0.4, -0.2) is 9.97 Å². The Hall–Kier alpha value is -1.85. The molecule has 1 aromatic heterocycles. The van der Waals surface area contributed by atoms with Gasteiger partial charge in [-0.1, -0.05) is 30.0 Å². The first-order chi connectivity index (χ1) is 9.65. The zero-order valence-electron chi connectivity index (χ0n) is 10.9. The summed E-state index contributed by atoms with van der Waals surface area (Å²) >= 11 is 1.40. The minimum Gasteiger partial charge on any atom is -0.333 e. The normalized spacial score (nSPS) is 12.8. The monoisotopic (exact) mass is 287 g/mol. The number of H-pyrrole nitrogens is 1. The summed E-state index contributed by atoms with van der Waals surface area (Å²) in [4.78, 5) is 8.49. The Morgan fingerprint density at radius 1 is 1.20 bits per heavy atom. The smallest absolute Gasteiger partial charge is 0.171 e. The van der Waals surface area contributed by atoms with Gasteiger partial charge in [-0.15, -0.1) is 0 Å². The van der Waals surface area contributed by atoms with E-state index in [1.165, 1.54) is 17.8 Å². The molecule has 0 saturated carbocycles. The molecule has 0 aliphatic heterocycles. The van der Waals surface area contributed by atoms with Crippen LogP contribution in [0.15, 0.2) is 52.5 Å². The summed E-state index contributed by atoms with van der Waals surface area (Å²) in [5.41, 5.74) is 8.25. The van der Waals surface area contributed by atoms with E-state index in [9.17, 15) is 4.39 Å². The van der Waals surface area contributed by atoms with Gasteiger partial charge in [0.05, 0.1) is 11.0 Å². The first kappa shape index (κ1) is 13.1. The van der Waals surface area contributed by atoms with Gasteiger partial charge in [-0.05, 0) is 31.2 Å². The molecule has 0 aliphatic rings. The van der Waals surface area contributed by atoms with Gasteiger partial charge in [-0.25, -0.2) is 9.37 Å². The third-order valence-corrected chi connectivity index (χ3v) is 4.01. The predicted octanol–water partition coefficient (Wildman–Crippen LogP) is 3.87. The maximum Gasteiger partial charge on any atom is 0.171 e. The van der Waals surface area contributed by atoms with Crippen molar-refractivity contribution in [1.29, 1.82) is 0 Å². The molecule has 1 atom stereocenters. The van der Waals surface area contributed by atoms with Crippen LogP contribution < -0.4 is 5.73 Å². The van der Waals surface area contributed by atoms with Gasteiger partial charge < -0.3 is 10.7 Å². The van der Waals surface area contributed by atoms with E-state index in [1.54, 1.807) is 13.0 Å². The molecule has 3 aromatic rings. The van der Waals surface area contributed by atoms with Crippen molar-refractivity contribution in [2.75, 3.05) is 0 Å². The fourth-order valence-electron chi connectivity index (χ4n) is 2.13. The van der Waals surface area contributed by atoms with Crippen molar-refractivity contribution in [2.45, 2.75) is 23.0 Å². The van der Waals surface area contributed by atoms with Crippen LogP contribution in [-0.2, 0) is 0 Å². The molecule has 3 rings (SSSR count). The molecule has 2 aromatic carbocycles. The van der Waals surface area contributed by atoms with Gasteiger partial charge in [0, 0.05) is 16.5 Å². The van der Waals surface area contributed by atoms with Gasteiger partial charge in [-0.2, -0.15) is 0 Å². The standard InChI is InChI=1S/C15H14FN3S/c1-9(17)14-10(16)5-4-8-13(14)20-15-18-11-6-2-3-7-12(11)19-15/h2-9H,17H2,1H3,(H,18,19)/t9-/m1/s1. The summed E-state index contributed by atoms with van der Waals surface area (Å²) < 4.78 is 13.9. The molecule has 3 nitrogen and oxygen atoms in total. The van der Waals surface area contributed by atoms with Crippen LogP contribution in [0, 0.1) is 5.82 Å². The molecule has 1 heterocycles. The SMILES string of the molecule is C[C@@H](N)c1c(F)cccc1Sc1nc2ccccc2[nH]1. The summed E-state index contributed by atoms with van der Waals surface area (Å²) in [6, 6.07) is 12.4. The number of nitrogens with two attached hydrogens (primary N) is 1. The molecular formula is C15H14FN3S. The Morgan fingerprint density at radius 3 is 2.75 bits per heavy atom. The third-order valence-electron chi connectivity index (χ3n) is 3.04. The number of halogens is 1. The molecule has 0 aliphatic carbocycles. The molecule has 0 bridgehead atoms. The number of benzene rings is 2. The number of nitrogens with one attached hydrogen (secondary N) is 1. The second-order valence-electron chi connectivity index (χ2n) is 4.60. The van der Waals surface area contributed by atoms with Gasteiger partial charge in [0.2, 0.25) is 0 Å². The summed E-state index contributed by atoms with van der Waals surface area (Å²) in [6.45, 7) is 1.78. The van der Waals surface area contributed by atoms with Crippen LogP contribution in [0.1, 0.15) is 18.5 Å². The Morgan fingerprint density at radius 2 is 2.00 bits per heavy atom. The fourth-order valence-corrected chi connectivity index (χ4v) is 3.18. The predicted molar refractivity (Wildman–Crippen MR) is 79.2 cm³/mol. The summed E-state index contributed by atoms with van der Waals surface area (Å²) in [5.74, 6) is -0.277. The van der Waals surface area contributed by atoms with Crippen LogP contribution in [0.4, 0.5) is 4.39 Å². The molecule has 0 amide bonds. The van der Waals surface area contributed by atoms with Gasteiger partial charge in [0.1, 0.15) is 5.82 Å². The lowest BCUT2D eigenvalue weighted by molar-refractivity contribution is 0.585. The van der Waals surface area contributed by atoms with Crippen LogP contribution in [0.5, 0.6) is 0 Å². The Labute approximate surface area is 120 Å². The largest absolute Gasteiger partial charge is 0.333 e. The molecule has 3 N–H and O–H groups in total. The van der Waals surface area contributed by atoms with Crippen molar-refractivity contribution < 1.29 is 4.39 Å². The third kappa shape index (κ3) is 2.42. The van der Waals surface area contributed by atoms with E-state index < -0.39 is 0 Å². The highest BCUT2D eigenvalue weighted by Gasteiger charge is 2.14. The van der Waals surface area contributed by atoms with Crippen LogP contribution in [0.2, 0.25) is 0 Å². The first-order valence-corrected chi connectivity index (χ1v) is 7.13. The van der Waals surface area contributed by atoms with Crippen molar-refractivity contribution in [2.24, 2.45) is 5.73 Å². The van der Waals surface area contributed by atoms with Crippen molar-refractivity contribution in [1.82, 2.24) is 9.97 Å². The minimum atomic E-state index is -0.358. The number of para-hydroxylation sites is 2. The number of aromatic nitrogens is 2. The molecular weight excluding hydrogens is 273 g/mol. The lowest BCUT2D eigenvalue weighted by atomic mass is 10.1. The van der Waals surface area contributed by atoms with Gasteiger partial charge in [-0.3, -0.25) is 0 Å². The van der Waals surface area contributed by atoms with E-state index in [4.69, 9.17) is 5.73 Å². The topological polar surface area (TPSA) is 54.7 Å². The molecule has 0 fully saturated rings. The van der Waals surface area contributed by atoms with E-state index >= 15 is 0 Å². The molecule has 0 spiro atoms. The number of hydrogen-bond acceptors (Lipinski definition) is 3. The molecule has 102 valence electrons. The highest BCUT2D eigenvalue weighted by molar-refractivity contribution is 7.99. The molecule has 0 saturated heterocycles. The van der Waals surface area contributed by atoms with E-state index in [0.717, 1.165) is 21.1 Å². The summed E-state index contributed by atoms with van der Waals surface area (Å²) in [7, 11) is 0. The maximum atomic E-state index is 13.9. The summed E-state index contributed by atoms with van der Waals surface area (Å²) in [6.07, 6.45) is 0. The number of aromatic amines is 1. The summed E-state index contributed by atoms with van der Waals surface area (Å²) in [5, 5.41) is 0.735. The fraction of sp³-hybridized carbons (Fsp3) is 0.133. The van der Waals surface area contributed by atoms with Crippen molar-refractivity contribution in [3.8, 4) is 0 Å². The number of rotatable bonds is 3. The lowest BCUT2D eigenvalue weighted by Gasteiger charge is -2.12. The maximum absolute atomic E-state index is 13.9. The molecule has 20 heavy (non-hydrogen) atoms. The van der Waals surface area contributed by atoms with Crippen LogP contribution in [0.3, 0.4) is 0 Å². The van der Waals surface area contributed by atoms with E-state index in [0.29, 0.717) is 5.56 Å². The second-order valence-corrected chi connectivity index (χ2v) is 5.63.